The summed E-state index contributed by atoms with van der Waals surface area (Å²) < 4.78 is 14.8. The molecule has 0 bridgehead atoms. The number of benzene rings is 1. The summed E-state index contributed by atoms with van der Waals surface area (Å²) in [4.78, 5) is 0. The van der Waals surface area contributed by atoms with Gasteiger partial charge >= 0.3 is 0 Å². The van der Waals surface area contributed by atoms with Crippen molar-refractivity contribution in [2.24, 2.45) is 0 Å². The zero-order chi connectivity index (χ0) is 12.4. The van der Waals surface area contributed by atoms with Crippen LogP contribution in [0.15, 0.2) is 37.9 Å². The Morgan fingerprint density at radius 2 is 2.00 bits per heavy atom. The van der Waals surface area contributed by atoms with E-state index in [0.29, 0.717) is 4.47 Å². The summed E-state index contributed by atoms with van der Waals surface area (Å²) in [7, 11) is 1.90. The Kier molecular flexibility index (Phi) is 4.36. The zero-order valence-corrected chi connectivity index (χ0v) is 13.0. The lowest BCUT2D eigenvalue weighted by atomic mass is 10.0. The molecule has 90 valence electrons. The molecule has 1 atom stereocenters. The van der Waals surface area contributed by atoms with E-state index in [4.69, 9.17) is 0 Å². The summed E-state index contributed by atoms with van der Waals surface area (Å²) in [5.41, 5.74) is 2.20. The van der Waals surface area contributed by atoms with E-state index in [1.54, 1.807) is 17.4 Å². The second-order valence-electron chi connectivity index (χ2n) is 3.58. The van der Waals surface area contributed by atoms with Crippen LogP contribution in [0.1, 0.15) is 17.2 Å². The first-order valence-electron chi connectivity index (χ1n) is 4.98. The van der Waals surface area contributed by atoms with Gasteiger partial charge < -0.3 is 5.32 Å². The van der Waals surface area contributed by atoms with E-state index < -0.39 is 0 Å². The van der Waals surface area contributed by atoms with Gasteiger partial charge in [-0.2, -0.15) is 0 Å². The molecule has 17 heavy (non-hydrogen) atoms. The van der Waals surface area contributed by atoms with Crippen LogP contribution in [-0.4, -0.2) is 7.05 Å². The van der Waals surface area contributed by atoms with Crippen molar-refractivity contribution in [3.8, 4) is 0 Å². The molecule has 1 nitrogen and oxygen atoms in total. The van der Waals surface area contributed by atoms with Gasteiger partial charge in [0, 0.05) is 0 Å². The smallest absolute Gasteiger partial charge is 0.137 e. The van der Waals surface area contributed by atoms with Crippen molar-refractivity contribution < 1.29 is 4.39 Å². The molecule has 0 saturated heterocycles. The van der Waals surface area contributed by atoms with E-state index >= 15 is 0 Å². The monoisotopic (exact) mass is 377 g/mol. The van der Waals surface area contributed by atoms with Crippen molar-refractivity contribution in [3.05, 3.63) is 54.8 Å². The Balaban J connectivity index is 2.38. The van der Waals surface area contributed by atoms with Crippen molar-refractivity contribution in [2.75, 3.05) is 7.05 Å². The fraction of sp³-hybridized carbons (Fsp3) is 0.167. The maximum atomic E-state index is 13.2. The van der Waals surface area contributed by atoms with Gasteiger partial charge in [-0.15, -0.1) is 11.3 Å². The minimum atomic E-state index is -0.241. The average Bonchev–Trinajstić information content (AvgIpc) is 2.71. The molecule has 1 N–H and O–H groups in total. The molecule has 2 rings (SSSR count). The number of rotatable bonds is 3. The molecule has 0 radical (unpaired) electrons. The Bertz CT molecular complexity index is 527. The number of thiophene rings is 1. The first-order chi connectivity index (χ1) is 8.11. The SMILES string of the molecule is CNC(c1csc(Br)c1)c1ccc(F)c(Br)c1. The van der Waals surface area contributed by atoms with E-state index in [1.165, 1.54) is 11.6 Å². The van der Waals surface area contributed by atoms with Crippen LogP contribution in [0.5, 0.6) is 0 Å². The van der Waals surface area contributed by atoms with E-state index in [-0.39, 0.29) is 11.9 Å². The molecule has 1 aromatic heterocycles. The standard InChI is InChI=1S/C12H10Br2FNS/c1-16-12(8-5-11(14)17-6-8)7-2-3-10(15)9(13)4-7/h2-6,12,16H,1H3. The van der Waals surface area contributed by atoms with Crippen LogP contribution in [0, 0.1) is 5.82 Å². The summed E-state index contributed by atoms with van der Waals surface area (Å²) in [6, 6.07) is 7.23. The first-order valence-corrected chi connectivity index (χ1v) is 7.44. The van der Waals surface area contributed by atoms with E-state index in [9.17, 15) is 4.39 Å². The molecule has 1 unspecified atom stereocenters. The molecule has 2 aromatic rings. The quantitative estimate of drug-likeness (QED) is 0.814. The molecule has 0 aliphatic carbocycles. The average molecular weight is 379 g/mol. The summed E-state index contributed by atoms with van der Waals surface area (Å²) >= 11 is 8.30. The van der Waals surface area contributed by atoms with Crippen LogP contribution in [0.3, 0.4) is 0 Å². The second kappa shape index (κ2) is 5.61. The summed E-state index contributed by atoms with van der Waals surface area (Å²) in [6.45, 7) is 0. The predicted molar refractivity (Wildman–Crippen MR) is 77.0 cm³/mol. The van der Waals surface area contributed by atoms with Gasteiger partial charge in [-0.3, -0.25) is 0 Å². The molecule has 5 heteroatoms. The minimum Gasteiger partial charge on any atom is -0.309 e. The maximum absolute atomic E-state index is 13.2. The van der Waals surface area contributed by atoms with Crippen LogP contribution < -0.4 is 5.32 Å². The second-order valence-corrected chi connectivity index (χ2v) is 6.72. The van der Waals surface area contributed by atoms with Gasteiger partial charge in [-0.1, -0.05) is 6.07 Å². The van der Waals surface area contributed by atoms with Crippen molar-refractivity contribution in [1.82, 2.24) is 5.32 Å². The summed E-state index contributed by atoms with van der Waals surface area (Å²) in [5, 5.41) is 5.32. The predicted octanol–water partition coefficient (Wildman–Crippen LogP) is 4.72. The molecular formula is C12H10Br2FNS. The molecule has 1 aromatic carbocycles. The number of hydrogen-bond acceptors (Lipinski definition) is 2. The molecule has 0 aliphatic heterocycles. The van der Waals surface area contributed by atoms with Gasteiger partial charge in [0.25, 0.3) is 0 Å². The topological polar surface area (TPSA) is 12.0 Å². The van der Waals surface area contributed by atoms with Crippen LogP contribution in [-0.2, 0) is 0 Å². The molecular weight excluding hydrogens is 369 g/mol. The third-order valence-corrected chi connectivity index (χ3v) is 4.62. The van der Waals surface area contributed by atoms with Gasteiger partial charge in [0.1, 0.15) is 5.82 Å². The normalized spacial score (nSPS) is 12.7. The lowest BCUT2D eigenvalue weighted by molar-refractivity contribution is 0.616. The van der Waals surface area contributed by atoms with Crippen molar-refractivity contribution in [1.29, 1.82) is 0 Å². The lowest BCUT2D eigenvalue weighted by Gasteiger charge is -2.15. The highest BCUT2D eigenvalue weighted by Gasteiger charge is 2.14. The van der Waals surface area contributed by atoms with Crippen molar-refractivity contribution >= 4 is 43.2 Å². The fourth-order valence-electron chi connectivity index (χ4n) is 1.69. The fourth-order valence-corrected chi connectivity index (χ4v) is 3.29. The van der Waals surface area contributed by atoms with Gasteiger partial charge in [0.2, 0.25) is 0 Å². The van der Waals surface area contributed by atoms with E-state index in [0.717, 1.165) is 9.35 Å². The van der Waals surface area contributed by atoms with Crippen LogP contribution >= 0.6 is 43.2 Å². The van der Waals surface area contributed by atoms with Crippen molar-refractivity contribution in [2.45, 2.75) is 6.04 Å². The Labute approximate surface area is 120 Å². The Morgan fingerprint density at radius 3 is 2.53 bits per heavy atom. The van der Waals surface area contributed by atoms with Crippen molar-refractivity contribution in [3.63, 3.8) is 0 Å². The Hall–Kier alpha value is -0.230. The molecule has 0 amide bonds. The Morgan fingerprint density at radius 1 is 1.24 bits per heavy atom. The number of nitrogens with one attached hydrogen (secondary N) is 1. The minimum absolute atomic E-state index is 0.0782. The van der Waals surface area contributed by atoms with E-state index in [1.807, 2.05) is 13.1 Å². The highest BCUT2D eigenvalue weighted by molar-refractivity contribution is 9.11. The lowest BCUT2D eigenvalue weighted by Crippen LogP contribution is -2.17. The highest BCUT2D eigenvalue weighted by Crippen LogP contribution is 2.30. The van der Waals surface area contributed by atoms with Gasteiger partial charge in [0.15, 0.2) is 0 Å². The largest absolute Gasteiger partial charge is 0.309 e. The third kappa shape index (κ3) is 2.96. The van der Waals surface area contributed by atoms with Gasteiger partial charge in [0.05, 0.1) is 14.3 Å². The zero-order valence-electron chi connectivity index (χ0n) is 9.01. The number of halogens is 3. The van der Waals surface area contributed by atoms with Crippen LogP contribution in [0.25, 0.3) is 0 Å². The molecule has 0 aliphatic rings. The van der Waals surface area contributed by atoms with Gasteiger partial charge in [-0.05, 0) is 73.6 Å². The summed E-state index contributed by atoms with van der Waals surface area (Å²) in [6.07, 6.45) is 0. The third-order valence-electron chi connectivity index (χ3n) is 2.49. The molecule has 0 spiro atoms. The highest BCUT2D eigenvalue weighted by atomic mass is 79.9. The summed E-state index contributed by atoms with van der Waals surface area (Å²) in [5.74, 6) is -0.241. The van der Waals surface area contributed by atoms with Crippen LogP contribution in [0.4, 0.5) is 4.39 Å². The molecule has 0 fully saturated rings. The molecule has 1 heterocycles. The van der Waals surface area contributed by atoms with Gasteiger partial charge in [-0.25, -0.2) is 4.39 Å². The maximum Gasteiger partial charge on any atom is 0.137 e. The molecule has 0 saturated carbocycles. The first kappa shape index (κ1) is 13.2. The van der Waals surface area contributed by atoms with E-state index in [2.05, 4.69) is 48.6 Å². The number of hydrogen-bond donors (Lipinski definition) is 1. The van der Waals surface area contributed by atoms with Crippen LogP contribution in [0.2, 0.25) is 0 Å².